The van der Waals surface area contributed by atoms with Gasteiger partial charge in [0.05, 0.1) is 16.9 Å². The van der Waals surface area contributed by atoms with Crippen molar-refractivity contribution in [1.82, 2.24) is 14.5 Å². The highest BCUT2D eigenvalue weighted by molar-refractivity contribution is 6.21. The Bertz CT molecular complexity index is 1460. The molecule has 2 N–H and O–H groups in total. The van der Waals surface area contributed by atoms with Gasteiger partial charge in [0.2, 0.25) is 5.88 Å². The van der Waals surface area contributed by atoms with Gasteiger partial charge in [0, 0.05) is 28.9 Å². The lowest BCUT2D eigenvalue weighted by atomic mass is 10.1. The number of nitrogens with one attached hydrogen (secondary N) is 1. The van der Waals surface area contributed by atoms with Crippen LogP contribution in [0.15, 0.2) is 75.4 Å². The van der Waals surface area contributed by atoms with Gasteiger partial charge >= 0.3 is 5.69 Å². The van der Waals surface area contributed by atoms with E-state index in [0.717, 1.165) is 21.2 Å². The van der Waals surface area contributed by atoms with E-state index in [-0.39, 0.29) is 5.56 Å². The number of benzene rings is 2. The van der Waals surface area contributed by atoms with Gasteiger partial charge in [0.15, 0.2) is 0 Å². The molecule has 0 saturated heterocycles. The van der Waals surface area contributed by atoms with Crippen LogP contribution in [0.2, 0.25) is 0 Å². The van der Waals surface area contributed by atoms with Crippen molar-refractivity contribution in [1.29, 1.82) is 0 Å². The third kappa shape index (κ3) is 2.68. The van der Waals surface area contributed by atoms with E-state index in [9.17, 15) is 14.7 Å². The van der Waals surface area contributed by atoms with Crippen molar-refractivity contribution < 1.29 is 5.11 Å². The van der Waals surface area contributed by atoms with E-state index in [1.165, 1.54) is 6.08 Å². The molecule has 0 radical (unpaired) electrons. The molecule has 140 valence electrons. The highest BCUT2D eigenvalue weighted by atomic mass is 16.3. The fourth-order valence-electron chi connectivity index (χ4n) is 3.47. The highest BCUT2D eigenvalue weighted by Gasteiger charge is 2.18. The topological polar surface area (TPSA) is 100 Å². The number of pyridine rings is 1. The summed E-state index contributed by atoms with van der Waals surface area (Å²) in [5.41, 5.74) is 1.75. The molecule has 0 bridgehead atoms. The number of fused-ring (bicyclic) bond motifs is 2. The van der Waals surface area contributed by atoms with Crippen LogP contribution in [0.5, 0.6) is 5.88 Å². The predicted molar refractivity (Wildman–Crippen MR) is 112 cm³/mol. The van der Waals surface area contributed by atoms with Gasteiger partial charge in [0.1, 0.15) is 5.56 Å². The number of H-pyrrole nitrogens is 1. The zero-order valence-electron chi connectivity index (χ0n) is 15.0. The summed E-state index contributed by atoms with van der Waals surface area (Å²) in [6.45, 7) is 0. The fraction of sp³-hybridized carbons (Fsp3) is 0. The first-order valence-electron chi connectivity index (χ1n) is 8.91. The number of nitrogens with zero attached hydrogens (tertiary/aromatic N) is 3. The number of allylic oxidation sites excluding steroid dienone is 1. The van der Waals surface area contributed by atoms with Crippen LogP contribution < -0.4 is 11.2 Å². The number of rotatable bonds is 2. The Balaban J connectivity index is 1.77. The summed E-state index contributed by atoms with van der Waals surface area (Å²) in [7, 11) is 0. The first-order chi connectivity index (χ1) is 14.1. The molecule has 0 atom stereocenters. The minimum atomic E-state index is -0.742. The normalized spacial score (nSPS) is 13.9. The van der Waals surface area contributed by atoms with Crippen LogP contribution in [0, 0.1) is 0 Å². The van der Waals surface area contributed by atoms with Crippen molar-refractivity contribution in [2.45, 2.75) is 0 Å². The molecule has 3 heterocycles. The summed E-state index contributed by atoms with van der Waals surface area (Å²) in [6.07, 6.45) is 4.75. The van der Waals surface area contributed by atoms with Crippen molar-refractivity contribution in [2.75, 3.05) is 0 Å². The fourth-order valence-corrected chi connectivity index (χ4v) is 3.47. The summed E-state index contributed by atoms with van der Waals surface area (Å²) in [5, 5.41) is 11.7. The third-order valence-electron chi connectivity index (χ3n) is 4.83. The van der Waals surface area contributed by atoms with Crippen LogP contribution in [0.3, 0.4) is 0 Å². The molecule has 1 aliphatic rings. The zero-order valence-corrected chi connectivity index (χ0v) is 15.0. The van der Waals surface area contributed by atoms with Crippen molar-refractivity contribution in [2.24, 2.45) is 4.99 Å². The molecule has 7 heteroatoms. The number of hydrogen-bond donors (Lipinski definition) is 2. The van der Waals surface area contributed by atoms with Crippen molar-refractivity contribution in [3.05, 3.63) is 92.8 Å². The molecule has 29 heavy (non-hydrogen) atoms. The lowest BCUT2D eigenvalue weighted by Gasteiger charge is -2.12. The van der Waals surface area contributed by atoms with Gasteiger partial charge in [-0.15, -0.1) is 0 Å². The lowest BCUT2D eigenvalue weighted by Crippen LogP contribution is -2.30. The van der Waals surface area contributed by atoms with Gasteiger partial charge in [0.25, 0.3) is 5.56 Å². The van der Waals surface area contributed by atoms with Gasteiger partial charge < -0.3 is 5.11 Å². The van der Waals surface area contributed by atoms with E-state index >= 15 is 0 Å². The molecule has 4 aromatic rings. The average Bonchev–Trinajstić information content (AvgIpc) is 3.14. The second-order valence-corrected chi connectivity index (χ2v) is 6.56. The monoisotopic (exact) mass is 382 g/mol. The molecule has 2 aromatic carbocycles. The van der Waals surface area contributed by atoms with E-state index < -0.39 is 17.1 Å². The van der Waals surface area contributed by atoms with Crippen LogP contribution in [0.25, 0.3) is 28.2 Å². The number of para-hydroxylation sites is 2. The predicted octanol–water partition coefficient (Wildman–Crippen LogP) is 3.04. The Labute approximate surface area is 164 Å². The molecule has 0 amide bonds. The Kier molecular flexibility index (Phi) is 3.74. The Morgan fingerprint density at radius 2 is 1.83 bits per heavy atom. The molecule has 0 unspecified atom stereocenters. The molecule has 0 aliphatic carbocycles. The maximum absolute atomic E-state index is 12.6. The summed E-state index contributed by atoms with van der Waals surface area (Å²) < 4.78 is 1.06. The maximum atomic E-state index is 12.6. The maximum Gasteiger partial charge on any atom is 0.335 e. The van der Waals surface area contributed by atoms with Gasteiger partial charge in [-0.2, -0.15) is 0 Å². The zero-order chi connectivity index (χ0) is 20.0. The second-order valence-electron chi connectivity index (χ2n) is 6.56. The van der Waals surface area contributed by atoms with Crippen molar-refractivity contribution >= 4 is 34.5 Å². The second kappa shape index (κ2) is 6.42. The quantitative estimate of drug-likeness (QED) is 0.556. The molecule has 1 aliphatic heterocycles. The molecular weight excluding hydrogens is 368 g/mol. The SMILES string of the molecule is O=c1[nH]c(=O)n(-c2cccc3cccnc23)c(O)c1/C=C1\C=Nc2ccccc21. The van der Waals surface area contributed by atoms with Gasteiger partial charge in [-0.3, -0.25) is 19.8 Å². The summed E-state index contributed by atoms with van der Waals surface area (Å²) in [4.78, 5) is 36.0. The van der Waals surface area contributed by atoms with Crippen LogP contribution in [-0.2, 0) is 0 Å². The molecular formula is C22H14N4O3. The Morgan fingerprint density at radius 3 is 2.72 bits per heavy atom. The largest absolute Gasteiger partial charge is 0.494 e. The van der Waals surface area contributed by atoms with Crippen LogP contribution in [0.1, 0.15) is 11.1 Å². The number of aromatic amines is 1. The average molecular weight is 382 g/mol. The van der Waals surface area contributed by atoms with E-state index in [1.54, 1.807) is 30.6 Å². The minimum absolute atomic E-state index is 0.0318. The van der Waals surface area contributed by atoms with Gasteiger partial charge in [-0.05, 0) is 24.3 Å². The van der Waals surface area contributed by atoms with Crippen molar-refractivity contribution in [3.63, 3.8) is 0 Å². The van der Waals surface area contributed by atoms with E-state index in [4.69, 9.17) is 0 Å². The molecule has 0 spiro atoms. The molecule has 2 aromatic heterocycles. The van der Waals surface area contributed by atoms with Crippen LogP contribution in [-0.4, -0.2) is 25.9 Å². The smallest absolute Gasteiger partial charge is 0.335 e. The Hall–Kier alpha value is -4.26. The number of aliphatic imine (C=N–C) groups is 1. The van der Waals surface area contributed by atoms with Gasteiger partial charge in [-0.25, -0.2) is 9.36 Å². The third-order valence-corrected chi connectivity index (χ3v) is 4.83. The Morgan fingerprint density at radius 1 is 1.00 bits per heavy atom. The van der Waals surface area contributed by atoms with Crippen molar-refractivity contribution in [3.8, 4) is 11.6 Å². The minimum Gasteiger partial charge on any atom is -0.494 e. The first-order valence-corrected chi connectivity index (χ1v) is 8.91. The standard InChI is InChI=1S/C22H14N4O3/c27-20-16(11-14-12-24-17-8-2-1-7-15(14)17)21(28)26(22(29)25-20)18-9-3-5-13-6-4-10-23-19(13)18/h1-12,28H,(H,25,27,29)/b14-11+. The summed E-state index contributed by atoms with van der Waals surface area (Å²) in [5.74, 6) is -0.456. The van der Waals surface area contributed by atoms with E-state index in [2.05, 4.69) is 15.0 Å². The molecule has 0 saturated carbocycles. The number of aromatic hydroxyl groups is 1. The summed E-state index contributed by atoms with van der Waals surface area (Å²) >= 11 is 0. The lowest BCUT2D eigenvalue weighted by molar-refractivity contribution is 0.430. The summed E-state index contributed by atoms with van der Waals surface area (Å²) in [6, 6.07) is 16.4. The van der Waals surface area contributed by atoms with Crippen LogP contribution >= 0.6 is 0 Å². The van der Waals surface area contributed by atoms with E-state index in [0.29, 0.717) is 16.8 Å². The van der Waals surface area contributed by atoms with Gasteiger partial charge in [-0.1, -0.05) is 36.4 Å². The number of aromatic nitrogens is 3. The first kappa shape index (κ1) is 16.9. The van der Waals surface area contributed by atoms with E-state index in [1.807, 2.05) is 36.4 Å². The molecule has 7 nitrogen and oxygen atoms in total. The highest BCUT2D eigenvalue weighted by Crippen LogP contribution is 2.33. The van der Waals surface area contributed by atoms with Crippen LogP contribution in [0.4, 0.5) is 5.69 Å². The molecule has 0 fully saturated rings. The number of hydrogen-bond acceptors (Lipinski definition) is 5. The molecule has 5 rings (SSSR count).